The van der Waals surface area contributed by atoms with Crippen molar-refractivity contribution in [1.82, 2.24) is 19.7 Å². The van der Waals surface area contributed by atoms with Crippen molar-refractivity contribution in [2.24, 2.45) is 0 Å². The topological polar surface area (TPSA) is 88.3 Å². The number of fused-ring (bicyclic) bond motifs is 1. The van der Waals surface area contributed by atoms with E-state index in [1.165, 1.54) is 17.0 Å². The molecule has 1 aliphatic rings. The third-order valence-corrected chi connectivity index (χ3v) is 4.30. The Balaban J connectivity index is 1.79. The summed E-state index contributed by atoms with van der Waals surface area (Å²) in [6.45, 7) is 1.70. The Morgan fingerprint density at radius 1 is 1.23 bits per heavy atom. The highest BCUT2D eigenvalue weighted by atomic mass is 19.4. The fourth-order valence-corrected chi connectivity index (χ4v) is 2.87. The van der Waals surface area contributed by atoms with Crippen LogP contribution >= 0.6 is 0 Å². The Kier molecular flexibility index (Phi) is 4.43. The van der Waals surface area contributed by atoms with E-state index in [1.54, 1.807) is 11.5 Å². The first-order chi connectivity index (χ1) is 12.2. The van der Waals surface area contributed by atoms with Crippen LogP contribution in [0.5, 0.6) is 0 Å². The van der Waals surface area contributed by atoms with Gasteiger partial charge in [0.05, 0.1) is 25.1 Å². The quantitative estimate of drug-likeness (QED) is 0.890. The van der Waals surface area contributed by atoms with Crippen LogP contribution in [0.2, 0.25) is 0 Å². The molecular weight excluding hydrogens is 353 g/mol. The van der Waals surface area contributed by atoms with Crippen LogP contribution in [0.25, 0.3) is 0 Å². The molecule has 1 aromatic carbocycles. The summed E-state index contributed by atoms with van der Waals surface area (Å²) in [5.41, 5.74) is -0.436. The van der Waals surface area contributed by atoms with Crippen molar-refractivity contribution < 1.29 is 27.9 Å². The third-order valence-electron chi connectivity index (χ3n) is 4.30. The number of carboxylic acids is 1. The highest BCUT2D eigenvalue weighted by Gasteiger charge is 2.36. The van der Waals surface area contributed by atoms with Gasteiger partial charge in [-0.1, -0.05) is 12.1 Å². The summed E-state index contributed by atoms with van der Waals surface area (Å²) in [6.07, 6.45) is -4.65. The van der Waals surface area contributed by atoms with Crippen molar-refractivity contribution in [3.8, 4) is 0 Å². The van der Waals surface area contributed by atoms with Crippen molar-refractivity contribution in [2.75, 3.05) is 0 Å². The second-order valence-corrected chi connectivity index (χ2v) is 6.02. The second-order valence-electron chi connectivity index (χ2n) is 6.02. The zero-order valence-corrected chi connectivity index (χ0v) is 13.7. The van der Waals surface area contributed by atoms with Gasteiger partial charge in [0.15, 0.2) is 5.82 Å². The minimum absolute atomic E-state index is 0.0166. The molecule has 1 aliphatic heterocycles. The average Bonchev–Trinajstić information content (AvgIpc) is 2.94. The summed E-state index contributed by atoms with van der Waals surface area (Å²) >= 11 is 0. The van der Waals surface area contributed by atoms with Gasteiger partial charge in [0.2, 0.25) is 5.91 Å². The molecule has 0 spiro atoms. The van der Waals surface area contributed by atoms with Gasteiger partial charge in [0.25, 0.3) is 0 Å². The maximum Gasteiger partial charge on any atom is 0.416 e. The number of aromatic nitrogens is 3. The van der Waals surface area contributed by atoms with E-state index in [9.17, 15) is 27.9 Å². The zero-order chi connectivity index (χ0) is 19.1. The Morgan fingerprint density at radius 3 is 2.46 bits per heavy atom. The van der Waals surface area contributed by atoms with Crippen LogP contribution in [-0.4, -0.2) is 42.7 Å². The summed E-state index contributed by atoms with van der Waals surface area (Å²) in [7, 11) is 0. The largest absolute Gasteiger partial charge is 0.480 e. The molecule has 10 heteroatoms. The van der Waals surface area contributed by atoms with Gasteiger partial charge in [-0.3, -0.25) is 4.79 Å². The molecular formula is C16H15F3N4O3. The molecule has 1 aromatic heterocycles. The molecule has 138 valence electrons. The Morgan fingerprint density at radius 2 is 1.88 bits per heavy atom. The fourth-order valence-electron chi connectivity index (χ4n) is 2.87. The molecule has 0 saturated carbocycles. The van der Waals surface area contributed by atoms with E-state index in [0.29, 0.717) is 17.2 Å². The summed E-state index contributed by atoms with van der Waals surface area (Å²) < 4.78 is 39.4. The van der Waals surface area contributed by atoms with Crippen LogP contribution in [0.3, 0.4) is 0 Å². The summed E-state index contributed by atoms with van der Waals surface area (Å²) in [4.78, 5) is 25.3. The smallest absolute Gasteiger partial charge is 0.416 e. The molecule has 26 heavy (non-hydrogen) atoms. The van der Waals surface area contributed by atoms with Gasteiger partial charge in [0, 0.05) is 0 Å². The van der Waals surface area contributed by atoms with E-state index in [4.69, 9.17) is 0 Å². The van der Waals surface area contributed by atoms with E-state index in [2.05, 4.69) is 10.2 Å². The van der Waals surface area contributed by atoms with E-state index in [1.807, 2.05) is 0 Å². The monoisotopic (exact) mass is 368 g/mol. The summed E-state index contributed by atoms with van der Waals surface area (Å²) in [6, 6.07) is 3.14. The molecule has 1 atom stereocenters. The Labute approximate surface area is 146 Å². The number of hydrogen-bond acceptors (Lipinski definition) is 4. The van der Waals surface area contributed by atoms with Crippen LogP contribution in [-0.2, 0) is 35.3 Å². The SMILES string of the molecule is Cc1nnc2n1CC(C(=O)O)N(C(=O)Cc1ccc(C(F)(F)F)cc1)C2. The number of aliphatic carboxylic acids is 1. The van der Waals surface area contributed by atoms with Crippen molar-refractivity contribution in [2.45, 2.75) is 38.7 Å². The van der Waals surface area contributed by atoms with Gasteiger partial charge < -0.3 is 14.6 Å². The van der Waals surface area contributed by atoms with E-state index in [-0.39, 0.29) is 19.5 Å². The third kappa shape index (κ3) is 3.39. The number of aryl methyl sites for hydroxylation is 1. The maximum atomic E-state index is 12.6. The number of carbonyl (C=O) groups is 2. The summed E-state index contributed by atoms with van der Waals surface area (Å²) in [5, 5.41) is 17.2. The molecule has 0 saturated heterocycles. The van der Waals surface area contributed by atoms with Gasteiger partial charge in [-0.25, -0.2) is 4.79 Å². The molecule has 2 aromatic rings. The first kappa shape index (κ1) is 17.9. The van der Waals surface area contributed by atoms with Crippen molar-refractivity contribution >= 4 is 11.9 Å². The van der Waals surface area contributed by atoms with Crippen LogP contribution in [0.1, 0.15) is 22.8 Å². The molecule has 0 radical (unpaired) electrons. The maximum absolute atomic E-state index is 12.6. The summed E-state index contributed by atoms with van der Waals surface area (Å²) in [5.74, 6) is -0.629. The Hall–Kier alpha value is -2.91. The molecule has 0 aliphatic carbocycles. The van der Waals surface area contributed by atoms with Gasteiger partial charge in [-0.05, 0) is 24.6 Å². The van der Waals surface area contributed by atoms with Crippen LogP contribution in [0.4, 0.5) is 13.2 Å². The number of benzene rings is 1. The molecule has 1 N–H and O–H groups in total. The standard InChI is InChI=1S/C16H15F3N4O3/c1-9-20-21-13-8-23(12(15(25)26)7-22(9)13)14(24)6-10-2-4-11(5-3-10)16(17,18)19/h2-5,12H,6-8H2,1H3,(H,25,26). The van der Waals surface area contributed by atoms with Crippen molar-refractivity contribution in [3.05, 3.63) is 47.0 Å². The number of nitrogens with zero attached hydrogens (tertiary/aromatic N) is 4. The highest BCUT2D eigenvalue weighted by Crippen LogP contribution is 2.29. The average molecular weight is 368 g/mol. The number of rotatable bonds is 3. The van der Waals surface area contributed by atoms with E-state index < -0.39 is 29.7 Å². The van der Waals surface area contributed by atoms with Crippen LogP contribution in [0.15, 0.2) is 24.3 Å². The lowest BCUT2D eigenvalue weighted by molar-refractivity contribution is -0.152. The number of amides is 1. The first-order valence-corrected chi connectivity index (χ1v) is 7.74. The van der Waals surface area contributed by atoms with Crippen LogP contribution in [0, 0.1) is 6.92 Å². The molecule has 1 amide bonds. The second kappa shape index (κ2) is 6.43. The number of alkyl halides is 3. The predicted octanol–water partition coefficient (Wildman–Crippen LogP) is 1.64. The fraction of sp³-hybridized carbons (Fsp3) is 0.375. The number of carboxylic acid groups (broad SMARTS) is 1. The number of halogens is 3. The molecule has 0 bridgehead atoms. The minimum Gasteiger partial charge on any atom is -0.480 e. The molecule has 2 heterocycles. The predicted molar refractivity (Wildman–Crippen MR) is 81.9 cm³/mol. The zero-order valence-electron chi connectivity index (χ0n) is 13.7. The first-order valence-electron chi connectivity index (χ1n) is 7.74. The lowest BCUT2D eigenvalue weighted by Gasteiger charge is -2.33. The minimum atomic E-state index is -4.45. The van der Waals surface area contributed by atoms with Gasteiger partial charge >= 0.3 is 12.1 Å². The molecule has 7 nitrogen and oxygen atoms in total. The lowest BCUT2D eigenvalue weighted by atomic mass is 10.1. The van der Waals surface area contributed by atoms with Crippen molar-refractivity contribution in [3.63, 3.8) is 0 Å². The Bertz CT molecular complexity index is 845. The van der Waals surface area contributed by atoms with Gasteiger partial charge in [0.1, 0.15) is 11.9 Å². The van der Waals surface area contributed by atoms with Gasteiger partial charge in [-0.15, -0.1) is 10.2 Å². The van der Waals surface area contributed by atoms with Crippen molar-refractivity contribution in [1.29, 1.82) is 0 Å². The molecule has 3 rings (SSSR count). The lowest BCUT2D eigenvalue weighted by Crippen LogP contribution is -2.51. The molecule has 1 unspecified atom stereocenters. The molecule has 0 fully saturated rings. The van der Waals surface area contributed by atoms with E-state index in [0.717, 1.165) is 12.1 Å². The van der Waals surface area contributed by atoms with Gasteiger partial charge in [-0.2, -0.15) is 13.2 Å². The van der Waals surface area contributed by atoms with E-state index >= 15 is 0 Å². The van der Waals surface area contributed by atoms with Crippen LogP contribution < -0.4 is 0 Å². The highest BCUT2D eigenvalue weighted by molar-refractivity contribution is 5.85. The number of hydrogen-bond donors (Lipinski definition) is 1. The number of carbonyl (C=O) groups excluding carboxylic acids is 1. The normalized spacial score (nSPS) is 17.1.